The third-order valence-electron chi connectivity index (χ3n) is 4.08. The molecule has 2 heterocycles. The molecule has 2 rings (SSSR count). The maximum atomic E-state index is 12.3. The van der Waals surface area contributed by atoms with Crippen LogP contribution in [0.1, 0.15) is 39.5 Å². The highest BCUT2D eigenvalue weighted by atomic mass is 32.2. The summed E-state index contributed by atoms with van der Waals surface area (Å²) in [5, 5.41) is 3.32. The minimum Gasteiger partial charge on any atom is -0.374 e. The highest BCUT2D eigenvalue weighted by Crippen LogP contribution is 2.40. The number of rotatable bonds is 5. The Kier molecular flexibility index (Phi) is 5.10. The van der Waals surface area contributed by atoms with Crippen molar-refractivity contribution in [1.82, 2.24) is 5.32 Å². The second-order valence-electron chi connectivity index (χ2n) is 5.65. The van der Waals surface area contributed by atoms with Gasteiger partial charge in [0.1, 0.15) is 5.78 Å². The standard InChI is InChI=1S/C14H25NO2S/c1-3-15-11(2)8-13(16)12-4-6-17-14(9-12)5-7-18-10-14/h11-12,15H,3-10H2,1-2H3. The molecule has 18 heavy (non-hydrogen) atoms. The zero-order valence-corrected chi connectivity index (χ0v) is 12.4. The summed E-state index contributed by atoms with van der Waals surface area (Å²) in [6.45, 7) is 5.89. The number of carbonyl (C=O) groups is 1. The maximum absolute atomic E-state index is 12.3. The van der Waals surface area contributed by atoms with Crippen molar-refractivity contribution in [1.29, 1.82) is 0 Å². The minimum atomic E-state index is 0.0324. The molecule has 4 heteroatoms. The van der Waals surface area contributed by atoms with E-state index in [4.69, 9.17) is 4.74 Å². The summed E-state index contributed by atoms with van der Waals surface area (Å²) in [6, 6.07) is 0.305. The number of ether oxygens (including phenoxy) is 1. The van der Waals surface area contributed by atoms with Gasteiger partial charge in [0, 0.05) is 30.7 Å². The first-order valence-electron chi connectivity index (χ1n) is 7.13. The second-order valence-corrected chi connectivity index (χ2v) is 6.76. The van der Waals surface area contributed by atoms with Crippen LogP contribution in [0.2, 0.25) is 0 Å². The highest BCUT2D eigenvalue weighted by molar-refractivity contribution is 7.99. The van der Waals surface area contributed by atoms with E-state index >= 15 is 0 Å². The quantitative estimate of drug-likeness (QED) is 0.832. The number of hydrogen-bond acceptors (Lipinski definition) is 4. The van der Waals surface area contributed by atoms with Crippen molar-refractivity contribution in [2.45, 2.75) is 51.2 Å². The Balaban J connectivity index is 1.86. The predicted molar refractivity (Wildman–Crippen MR) is 76.1 cm³/mol. The average Bonchev–Trinajstić information content (AvgIpc) is 2.77. The van der Waals surface area contributed by atoms with Gasteiger partial charge in [-0.05, 0) is 38.5 Å². The normalized spacial score (nSPS) is 33.8. The molecule has 0 aromatic carbocycles. The number of hydrogen-bond donors (Lipinski definition) is 1. The fraction of sp³-hybridized carbons (Fsp3) is 0.929. The van der Waals surface area contributed by atoms with Crippen molar-refractivity contribution in [3.8, 4) is 0 Å². The highest BCUT2D eigenvalue weighted by Gasteiger charge is 2.42. The van der Waals surface area contributed by atoms with Gasteiger partial charge >= 0.3 is 0 Å². The van der Waals surface area contributed by atoms with E-state index in [1.165, 1.54) is 5.75 Å². The third kappa shape index (κ3) is 3.49. The smallest absolute Gasteiger partial charge is 0.137 e. The summed E-state index contributed by atoms with van der Waals surface area (Å²) in [5.74, 6) is 2.94. The van der Waals surface area contributed by atoms with E-state index in [-0.39, 0.29) is 11.5 Å². The molecule has 3 nitrogen and oxygen atoms in total. The molecule has 3 unspecified atom stereocenters. The Morgan fingerprint density at radius 3 is 3.11 bits per heavy atom. The van der Waals surface area contributed by atoms with Gasteiger partial charge in [0.15, 0.2) is 0 Å². The Hall–Kier alpha value is -0.0600. The number of thioether (sulfide) groups is 1. The number of nitrogens with one attached hydrogen (secondary N) is 1. The molecule has 0 amide bonds. The lowest BCUT2D eigenvalue weighted by Crippen LogP contribution is -2.43. The van der Waals surface area contributed by atoms with Gasteiger partial charge < -0.3 is 10.1 Å². The van der Waals surface area contributed by atoms with Crippen molar-refractivity contribution in [2.75, 3.05) is 24.7 Å². The second kappa shape index (κ2) is 6.40. The lowest BCUT2D eigenvalue weighted by Gasteiger charge is -2.37. The van der Waals surface area contributed by atoms with Crippen LogP contribution >= 0.6 is 11.8 Å². The fourth-order valence-corrected chi connectivity index (χ4v) is 4.43. The molecule has 2 aliphatic rings. The Bertz CT molecular complexity index is 290. The van der Waals surface area contributed by atoms with E-state index in [1.807, 2.05) is 11.8 Å². The lowest BCUT2D eigenvalue weighted by atomic mass is 9.81. The van der Waals surface area contributed by atoms with Gasteiger partial charge in [0.2, 0.25) is 0 Å². The topological polar surface area (TPSA) is 38.3 Å². The molecule has 1 spiro atoms. The first-order valence-corrected chi connectivity index (χ1v) is 8.28. The van der Waals surface area contributed by atoms with Crippen molar-refractivity contribution in [2.24, 2.45) is 5.92 Å². The van der Waals surface area contributed by atoms with Crippen molar-refractivity contribution >= 4 is 17.5 Å². The molecule has 0 aromatic heterocycles. The molecular weight excluding hydrogens is 246 g/mol. The molecule has 0 aliphatic carbocycles. The van der Waals surface area contributed by atoms with Crippen LogP contribution < -0.4 is 5.32 Å². The molecule has 0 saturated carbocycles. The predicted octanol–water partition coefficient (Wildman–Crippen LogP) is 2.25. The van der Waals surface area contributed by atoms with E-state index in [9.17, 15) is 4.79 Å². The Morgan fingerprint density at radius 2 is 2.44 bits per heavy atom. The summed E-state index contributed by atoms with van der Waals surface area (Å²) in [4.78, 5) is 12.3. The fourth-order valence-electron chi connectivity index (χ4n) is 3.05. The van der Waals surface area contributed by atoms with E-state index < -0.39 is 0 Å². The lowest BCUT2D eigenvalue weighted by molar-refractivity contribution is -0.134. The number of carbonyl (C=O) groups excluding carboxylic acids is 1. The van der Waals surface area contributed by atoms with Crippen molar-refractivity contribution in [3.05, 3.63) is 0 Å². The SMILES string of the molecule is CCNC(C)CC(=O)C1CCOC2(CCSC2)C1. The van der Waals surface area contributed by atoms with Gasteiger partial charge in [0.25, 0.3) is 0 Å². The first-order chi connectivity index (χ1) is 8.65. The van der Waals surface area contributed by atoms with Gasteiger partial charge in [-0.1, -0.05) is 6.92 Å². The van der Waals surface area contributed by atoms with Crippen LogP contribution in [0.5, 0.6) is 0 Å². The van der Waals surface area contributed by atoms with Crippen LogP contribution in [0.25, 0.3) is 0 Å². The summed E-state index contributed by atoms with van der Waals surface area (Å²) in [7, 11) is 0. The van der Waals surface area contributed by atoms with Crippen LogP contribution in [0.4, 0.5) is 0 Å². The third-order valence-corrected chi connectivity index (χ3v) is 5.30. The molecule has 2 aliphatic heterocycles. The Labute approximate surface area is 114 Å². The zero-order chi connectivity index (χ0) is 13.0. The number of Topliss-reactive ketones (excluding diaryl/α,β-unsaturated/α-hetero) is 1. The van der Waals surface area contributed by atoms with Crippen LogP contribution in [0.3, 0.4) is 0 Å². The average molecular weight is 271 g/mol. The van der Waals surface area contributed by atoms with E-state index in [0.29, 0.717) is 18.2 Å². The largest absolute Gasteiger partial charge is 0.374 e. The van der Waals surface area contributed by atoms with Crippen molar-refractivity contribution < 1.29 is 9.53 Å². The molecule has 2 fully saturated rings. The van der Waals surface area contributed by atoms with Gasteiger partial charge in [-0.15, -0.1) is 0 Å². The maximum Gasteiger partial charge on any atom is 0.137 e. The van der Waals surface area contributed by atoms with Gasteiger partial charge in [0.05, 0.1) is 5.60 Å². The number of ketones is 1. The molecule has 2 saturated heterocycles. The van der Waals surface area contributed by atoms with E-state index in [0.717, 1.165) is 38.2 Å². The monoisotopic (exact) mass is 271 g/mol. The zero-order valence-electron chi connectivity index (χ0n) is 11.5. The van der Waals surface area contributed by atoms with Gasteiger partial charge in [-0.3, -0.25) is 4.79 Å². The van der Waals surface area contributed by atoms with Crippen LogP contribution in [0.15, 0.2) is 0 Å². The molecule has 0 aromatic rings. The summed E-state index contributed by atoms with van der Waals surface area (Å²) < 4.78 is 5.97. The molecule has 0 radical (unpaired) electrons. The minimum absolute atomic E-state index is 0.0324. The molecule has 104 valence electrons. The van der Waals surface area contributed by atoms with Crippen molar-refractivity contribution in [3.63, 3.8) is 0 Å². The van der Waals surface area contributed by atoms with Gasteiger partial charge in [-0.25, -0.2) is 0 Å². The van der Waals surface area contributed by atoms with Crippen LogP contribution in [-0.4, -0.2) is 42.1 Å². The summed E-state index contributed by atoms with van der Waals surface area (Å²) in [5.41, 5.74) is 0.0324. The molecule has 1 N–H and O–H groups in total. The van der Waals surface area contributed by atoms with Crippen LogP contribution in [0, 0.1) is 5.92 Å². The van der Waals surface area contributed by atoms with E-state index in [2.05, 4.69) is 19.2 Å². The molecule has 0 bridgehead atoms. The molecular formula is C14H25NO2S. The van der Waals surface area contributed by atoms with Gasteiger partial charge in [-0.2, -0.15) is 11.8 Å². The molecule has 3 atom stereocenters. The first kappa shape index (κ1) is 14.4. The van der Waals surface area contributed by atoms with E-state index in [1.54, 1.807) is 0 Å². The summed E-state index contributed by atoms with van der Waals surface area (Å²) in [6.07, 6.45) is 3.67. The Morgan fingerprint density at radius 1 is 1.61 bits per heavy atom. The van der Waals surface area contributed by atoms with Crippen LogP contribution in [-0.2, 0) is 9.53 Å². The summed E-state index contributed by atoms with van der Waals surface area (Å²) >= 11 is 1.97.